The third-order valence-corrected chi connectivity index (χ3v) is 41.2. The van der Waals surface area contributed by atoms with E-state index in [1.165, 1.54) is 303 Å². The second kappa shape index (κ2) is 44.6. The van der Waals surface area contributed by atoms with Gasteiger partial charge in [0, 0.05) is 151 Å². The van der Waals surface area contributed by atoms with Gasteiger partial charge in [-0.2, -0.15) is 5.21 Å². The van der Waals surface area contributed by atoms with Crippen molar-refractivity contribution in [2.24, 2.45) is 9.07 Å². The van der Waals surface area contributed by atoms with Crippen molar-refractivity contribution in [3.8, 4) is 56.4 Å². The standard InChI is InChI=1S/C23H24N6.C23H25N3O.C23H23N3.C23H24N2O2.3C4H9.CH2Cl2.N3.H3N.Sn/c1-2-6-15(7-3-1)21-18-11-10-16(23-25-27-28-26-23)14-20(18)29-13-5-9-19-17(22(21)29)8-4-12-24-19;24-23(27)16-10-11-18-20(14-16)26-13-5-9-19-17(8-4-12-25-19)22(26)21(18)15-6-2-1-3-7-15;1-24-17-11-12-19-21(15-17)26-14-6-10-20-18(9-5-13-25-20)23(26)22(19)16-7-3-2-4-8-16;26-23(27)16-10-11-18-20(14-16)25-13-5-9-19-17(8-4-12-24-19)22(25)21(18)15-6-2-1-3-7-15;3*1-3-4-2;2-1-3;1-3-2;;/h4,8,10-12,14-15H,1-3,5-7,9,13H2,(H,25,26,27,28);4,8,10-12,14-15H,1-3,5-7,9,13H2,(H2,24,27);5,9,11-13,15-16H,2-4,6-8,10,14H2;4,8,10-12,14-15H,1-3,5-7,9,13H2,(H,26,27);3*1,3-4H2,2H3;1H2;;1H3;/q;;;;;;;;-1;;+1. The number of aromatic nitrogens is 12. The number of pyridine rings is 4. The number of carboxylic acids is 1. The number of alkyl halides is 2. The number of hydrogen-bond donors (Lipinski definition) is 4. The van der Waals surface area contributed by atoms with Crippen LogP contribution in [0.1, 0.15) is 303 Å². The summed E-state index contributed by atoms with van der Waals surface area (Å²) in [5, 5.41) is 29.7. The molecular formula is C105H128Cl2N18O3Sn. The maximum absolute atomic E-state index is 11.8. The third-order valence-electron chi connectivity index (χ3n) is 28.7. The maximum atomic E-state index is 11.8. The van der Waals surface area contributed by atoms with Crippen LogP contribution in [-0.4, -0.2) is 99.8 Å². The number of primary amides is 1. The molecule has 4 aliphatic carbocycles. The molecule has 4 saturated carbocycles. The monoisotopic (exact) mass is 1880 g/mol. The number of halogens is 2. The van der Waals surface area contributed by atoms with Gasteiger partial charge in [0.05, 0.1) is 40.3 Å². The summed E-state index contributed by atoms with van der Waals surface area (Å²) in [7, 11) is 0. The van der Waals surface area contributed by atoms with Gasteiger partial charge >= 0.3 is 111 Å². The van der Waals surface area contributed by atoms with Crippen LogP contribution < -0.4 is 11.9 Å². The van der Waals surface area contributed by atoms with Gasteiger partial charge in [0.2, 0.25) is 11.7 Å². The number of hydrogen-bond acceptors (Lipinski definition) is 11. The van der Waals surface area contributed by atoms with Crippen LogP contribution in [0.4, 0.5) is 5.69 Å². The number of nitrogens with two attached hydrogens (primary N) is 1. The normalized spacial score (nSPS) is 16.1. The average Bonchev–Trinajstić information content (AvgIpc) is 1.60. The van der Waals surface area contributed by atoms with Crippen molar-refractivity contribution in [1.82, 2.24) is 65.0 Å². The van der Waals surface area contributed by atoms with Gasteiger partial charge in [0.25, 0.3) is 0 Å². The molecule has 0 radical (unpaired) electrons. The molecule has 4 aromatic carbocycles. The molecule has 4 aliphatic heterocycles. The van der Waals surface area contributed by atoms with Gasteiger partial charge in [0.1, 0.15) is 0 Å². The number of azide groups is 1. The van der Waals surface area contributed by atoms with E-state index in [9.17, 15) is 14.7 Å². The van der Waals surface area contributed by atoms with Crippen LogP contribution in [-0.2, 0) is 51.9 Å². The van der Waals surface area contributed by atoms with Crippen molar-refractivity contribution < 1.29 is 14.7 Å². The predicted octanol–water partition coefficient (Wildman–Crippen LogP) is 28.5. The number of aromatic carboxylic acids is 1. The quantitative estimate of drug-likeness (QED) is 0.0166. The van der Waals surface area contributed by atoms with E-state index in [-0.39, 0.29) is 17.4 Å². The summed E-state index contributed by atoms with van der Waals surface area (Å²) in [6.07, 6.45) is 49.5. The first-order chi connectivity index (χ1) is 62.9. The molecule has 7 N–H and O–H groups in total. The van der Waals surface area contributed by atoms with E-state index < -0.39 is 24.6 Å². The van der Waals surface area contributed by atoms with Crippen LogP contribution in [0.3, 0.4) is 0 Å². The fourth-order valence-corrected chi connectivity index (χ4v) is 34.9. The first-order valence-electron chi connectivity index (χ1n) is 48.1. The Morgan fingerprint density at radius 1 is 0.481 bits per heavy atom. The van der Waals surface area contributed by atoms with E-state index in [1.807, 2.05) is 67.3 Å². The first-order valence-corrected chi connectivity index (χ1v) is 56.5. The number of carbonyl (C=O) groups excluding carboxylic acids is 1. The van der Waals surface area contributed by atoms with E-state index in [4.69, 9.17) is 56.0 Å². The van der Waals surface area contributed by atoms with Crippen molar-refractivity contribution in [3.63, 3.8) is 0 Å². The number of aryl methyl sites for hydroxylation is 8. The number of nitrogens with one attached hydrogen (secondary N) is 1. The van der Waals surface area contributed by atoms with E-state index >= 15 is 0 Å². The summed E-state index contributed by atoms with van der Waals surface area (Å²) in [4.78, 5) is 49.0. The van der Waals surface area contributed by atoms with Crippen LogP contribution in [0.25, 0.3) is 115 Å². The summed E-state index contributed by atoms with van der Waals surface area (Å²) in [5.74, 6) is 1.83. The summed E-state index contributed by atoms with van der Waals surface area (Å²) in [5.41, 5.74) is 43.2. The summed E-state index contributed by atoms with van der Waals surface area (Å²) in [6, 6.07) is 41.8. The molecule has 0 bridgehead atoms. The smallest absolute Gasteiger partial charge is 0.335 e. The molecule has 129 heavy (non-hydrogen) atoms. The molecule has 0 spiro atoms. The molecule has 13 heterocycles. The average molecular weight is 1880 g/mol. The molecule has 674 valence electrons. The minimum Gasteiger partial charge on any atom is -0.478 e. The maximum Gasteiger partial charge on any atom is 0.335 e. The number of carboxylic acid groups (broad SMARTS) is 1. The Balaban J connectivity index is 0.000000124. The zero-order valence-electron chi connectivity index (χ0n) is 75.9. The van der Waals surface area contributed by atoms with Crippen molar-refractivity contribution in [2.45, 2.75) is 302 Å². The molecule has 8 aliphatic rings. The fourth-order valence-electron chi connectivity index (χ4n) is 22.7. The number of nitrogens with zero attached hydrogens (tertiary/aromatic N) is 15. The fraction of sp³-hybridized carbons (Fsp3) is 0.467. The number of carbonyl (C=O) groups is 2. The third kappa shape index (κ3) is 20.5. The number of unbranched alkanes of at least 4 members (excludes halogenated alkanes) is 3. The van der Waals surface area contributed by atoms with Gasteiger partial charge in [-0.1, -0.05) is 113 Å². The largest absolute Gasteiger partial charge is 0.478 e. The van der Waals surface area contributed by atoms with Gasteiger partial charge in [-0.15, -0.1) is 33.4 Å². The van der Waals surface area contributed by atoms with Crippen LogP contribution in [0, 0.1) is 6.57 Å². The van der Waals surface area contributed by atoms with E-state index in [1.54, 1.807) is 6.07 Å². The second-order valence-corrected chi connectivity index (χ2v) is 49.3. The Morgan fingerprint density at radius 3 is 1.14 bits per heavy atom. The number of benzene rings is 4. The molecule has 13 aromatic rings. The molecule has 0 saturated heterocycles. The minimum atomic E-state index is -2.45. The first kappa shape index (κ1) is 93.5. The van der Waals surface area contributed by atoms with Gasteiger partial charge in [0.15, 0.2) is 5.69 Å². The molecule has 21 nitrogen and oxygen atoms in total. The Labute approximate surface area is 774 Å². The van der Waals surface area contributed by atoms with Crippen LogP contribution in [0.2, 0.25) is 13.3 Å². The van der Waals surface area contributed by atoms with Gasteiger partial charge in [-0.3, -0.25) is 24.7 Å². The van der Waals surface area contributed by atoms with E-state index in [0.717, 1.165) is 99.8 Å². The molecule has 24 heteroatoms. The van der Waals surface area contributed by atoms with Crippen LogP contribution in [0.5, 0.6) is 0 Å². The van der Waals surface area contributed by atoms with Gasteiger partial charge < -0.3 is 35.3 Å². The van der Waals surface area contributed by atoms with Crippen LogP contribution in [0.15, 0.2) is 149 Å². The molecule has 1 amide bonds. The number of aromatic amines is 1. The Hall–Kier alpha value is -10.2. The number of amides is 1. The minimum absolute atomic E-state index is 0. The summed E-state index contributed by atoms with van der Waals surface area (Å²) >= 11 is 7.08. The number of rotatable bonds is 17. The molecule has 0 atom stereocenters. The van der Waals surface area contributed by atoms with Crippen molar-refractivity contribution >= 4 is 103 Å². The van der Waals surface area contributed by atoms with Crippen molar-refractivity contribution in [2.75, 3.05) is 5.34 Å². The Kier molecular flexibility index (Phi) is 32.3. The van der Waals surface area contributed by atoms with Crippen LogP contribution >= 0.6 is 23.2 Å². The zero-order valence-corrected chi connectivity index (χ0v) is 80.2. The van der Waals surface area contributed by atoms with Gasteiger partial charge in [-0.05, 0) is 239 Å². The number of tetrazole rings is 1. The van der Waals surface area contributed by atoms with E-state index in [0.29, 0.717) is 40.6 Å². The number of fused-ring (bicyclic) bond motifs is 20. The molecule has 21 rings (SSSR count). The summed E-state index contributed by atoms with van der Waals surface area (Å²) < 4.78 is 18.0. The zero-order chi connectivity index (χ0) is 88.5. The molecule has 9 aromatic heterocycles. The second-order valence-electron chi connectivity index (χ2n) is 36.6. The Bertz CT molecular complexity index is 5940. The summed E-state index contributed by atoms with van der Waals surface area (Å²) in [6.45, 7) is 18.0. The Morgan fingerprint density at radius 2 is 0.814 bits per heavy atom. The number of H-pyrrole nitrogens is 1. The van der Waals surface area contributed by atoms with Crippen molar-refractivity contribution in [1.29, 1.82) is 0 Å². The topological polar surface area (TPSA) is 294 Å². The molecular weight excluding hydrogens is 1750 g/mol. The molecule has 4 fully saturated rings. The van der Waals surface area contributed by atoms with Crippen molar-refractivity contribution in [3.05, 3.63) is 224 Å². The molecule has 0 unspecified atom stereocenters. The van der Waals surface area contributed by atoms with Gasteiger partial charge in [-0.25, -0.2) is 9.64 Å². The predicted molar refractivity (Wildman–Crippen MR) is 528 cm³/mol. The van der Waals surface area contributed by atoms with E-state index in [2.05, 4.69) is 151 Å². The SMILES string of the molecule is CCC[CH2][Sn]([CH2]CCC)([CH2]CCC)[N]=[N+]=[N-].ClCCl.N.NC(=O)c1ccc2c(C3CCCCC3)c3n(c2c1)CCCc1ncccc1-3.O=C(O)c1ccc2c(C3CCCCC3)c3n(c2c1)CCCc1ncccc1-3.[C-]#[N+]c1ccc2c(C3CCCCC3)c3n(c2c1)CCCc1ncccc1-3.c1cnc2c(c1)-c1c(C3CCCCC3)c3ccc(-c4nn[nH]n4)cc3n1CCC2.